The van der Waals surface area contributed by atoms with Crippen LogP contribution in [-0.2, 0) is 4.79 Å². The fourth-order valence-electron chi connectivity index (χ4n) is 1.70. The lowest BCUT2D eigenvalue weighted by molar-refractivity contribution is -0.139. The maximum absolute atomic E-state index is 12.2. The van der Waals surface area contributed by atoms with Gasteiger partial charge in [0.2, 0.25) is 5.91 Å². The number of carbonyl (C=O) groups excluding carboxylic acids is 2. The number of halogens is 4. The van der Waals surface area contributed by atoms with E-state index in [2.05, 4.69) is 5.32 Å². The van der Waals surface area contributed by atoms with Crippen molar-refractivity contribution < 1.29 is 22.8 Å². The summed E-state index contributed by atoms with van der Waals surface area (Å²) < 4.78 is 36.6. The van der Waals surface area contributed by atoms with Crippen LogP contribution in [0.1, 0.15) is 16.8 Å². The molecule has 0 heterocycles. The molecule has 0 saturated heterocycles. The first kappa shape index (κ1) is 19.6. The van der Waals surface area contributed by atoms with Crippen LogP contribution in [0.25, 0.3) is 0 Å². The van der Waals surface area contributed by atoms with Crippen molar-refractivity contribution in [3.63, 3.8) is 0 Å². The Labute approximate surface area is 141 Å². The van der Waals surface area contributed by atoms with E-state index in [1.165, 1.54) is 23.9 Å². The Morgan fingerprint density at radius 1 is 1.30 bits per heavy atom. The first-order chi connectivity index (χ1) is 10.7. The van der Waals surface area contributed by atoms with E-state index in [9.17, 15) is 22.8 Å². The summed E-state index contributed by atoms with van der Waals surface area (Å²) in [6, 6.07) is 5.16. The van der Waals surface area contributed by atoms with E-state index in [0.717, 1.165) is 0 Å². The number of hydrogen-bond acceptors (Lipinski definition) is 3. The zero-order valence-electron chi connectivity index (χ0n) is 12.2. The zero-order chi connectivity index (χ0) is 17.5. The number of hydrogen-bond donors (Lipinski definition) is 2. The highest BCUT2D eigenvalue weighted by molar-refractivity contribution is 7.98. The lowest BCUT2D eigenvalue weighted by Crippen LogP contribution is -2.49. The van der Waals surface area contributed by atoms with Crippen LogP contribution in [0, 0.1) is 0 Å². The Morgan fingerprint density at radius 2 is 1.96 bits per heavy atom. The summed E-state index contributed by atoms with van der Waals surface area (Å²) in [6.45, 7) is -1.44. The molecule has 0 aliphatic carbocycles. The summed E-state index contributed by atoms with van der Waals surface area (Å²) in [6.07, 6.45) is -2.51. The highest BCUT2D eigenvalue weighted by atomic mass is 35.5. The molecule has 1 unspecified atom stereocenters. The minimum atomic E-state index is -4.51. The summed E-state index contributed by atoms with van der Waals surface area (Å²) in [7, 11) is 0. The number of nitrogens with one attached hydrogen (secondary N) is 2. The van der Waals surface area contributed by atoms with Gasteiger partial charge in [-0.2, -0.15) is 24.9 Å². The highest BCUT2D eigenvalue weighted by Crippen LogP contribution is 2.16. The Hall–Kier alpha value is -1.41. The van der Waals surface area contributed by atoms with Crippen LogP contribution in [0.3, 0.4) is 0 Å². The summed E-state index contributed by atoms with van der Waals surface area (Å²) in [5.41, 5.74) is 0.159. The van der Waals surface area contributed by atoms with Crippen LogP contribution in [-0.4, -0.2) is 42.6 Å². The molecule has 128 valence electrons. The van der Waals surface area contributed by atoms with Gasteiger partial charge in [-0.25, -0.2) is 0 Å². The predicted molar refractivity (Wildman–Crippen MR) is 84.8 cm³/mol. The van der Waals surface area contributed by atoms with Crippen molar-refractivity contribution in [1.29, 1.82) is 0 Å². The molecule has 2 N–H and O–H groups in total. The van der Waals surface area contributed by atoms with E-state index in [4.69, 9.17) is 11.6 Å². The summed E-state index contributed by atoms with van der Waals surface area (Å²) in [5, 5.41) is 4.41. The molecule has 1 atom stereocenters. The topological polar surface area (TPSA) is 58.2 Å². The minimum absolute atomic E-state index is 0.159. The average Bonchev–Trinajstić information content (AvgIpc) is 2.48. The van der Waals surface area contributed by atoms with Crippen LogP contribution in [0.2, 0.25) is 5.02 Å². The molecule has 0 fully saturated rings. The molecule has 0 bridgehead atoms. The van der Waals surface area contributed by atoms with E-state index in [1.54, 1.807) is 23.7 Å². The third-order valence-electron chi connectivity index (χ3n) is 2.81. The van der Waals surface area contributed by atoms with Crippen LogP contribution >= 0.6 is 23.4 Å². The molecule has 1 rings (SSSR count). The largest absolute Gasteiger partial charge is 0.405 e. The lowest BCUT2D eigenvalue weighted by Gasteiger charge is -2.19. The standard InChI is InChI=1S/C14H16ClF3N2O2S/c1-23-7-6-11(13(22)19-8-14(16,17)18)20-12(21)9-4-2-3-5-10(9)15/h2-5,11H,6-8H2,1H3,(H,19,22)(H,20,21). The maximum Gasteiger partial charge on any atom is 0.405 e. The van der Waals surface area contributed by atoms with Crippen LogP contribution < -0.4 is 10.6 Å². The van der Waals surface area contributed by atoms with Gasteiger partial charge in [0.05, 0.1) is 10.6 Å². The molecule has 0 aromatic heterocycles. The van der Waals surface area contributed by atoms with Crippen molar-refractivity contribution in [3.8, 4) is 0 Å². The first-order valence-electron chi connectivity index (χ1n) is 6.63. The van der Waals surface area contributed by atoms with Gasteiger partial charge < -0.3 is 10.6 Å². The molecule has 0 aliphatic heterocycles. The first-order valence-corrected chi connectivity index (χ1v) is 8.40. The van der Waals surface area contributed by atoms with Crippen LogP contribution in [0.4, 0.5) is 13.2 Å². The Bertz CT molecular complexity index is 555. The normalized spacial score (nSPS) is 12.6. The fraction of sp³-hybridized carbons (Fsp3) is 0.429. The predicted octanol–water partition coefficient (Wildman–Crippen LogP) is 2.87. The van der Waals surface area contributed by atoms with Gasteiger partial charge in [0.25, 0.3) is 5.91 Å². The van der Waals surface area contributed by atoms with Crippen molar-refractivity contribution in [3.05, 3.63) is 34.9 Å². The number of carbonyl (C=O) groups is 2. The summed E-state index contributed by atoms with van der Waals surface area (Å²) >= 11 is 7.31. The fourth-order valence-corrected chi connectivity index (χ4v) is 2.39. The Kier molecular flexibility index (Phi) is 7.70. The molecule has 0 spiro atoms. The minimum Gasteiger partial charge on any atom is -0.345 e. The van der Waals surface area contributed by atoms with Gasteiger partial charge in [-0.05, 0) is 30.6 Å². The molecule has 0 aliphatic rings. The third kappa shape index (κ3) is 7.13. The second kappa shape index (κ2) is 9.02. The second-order valence-corrected chi connectivity index (χ2v) is 6.01. The highest BCUT2D eigenvalue weighted by Gasteiger charge is 2.30. The van der Waals surface area contributed by atoms with Gasteiger partial charge >= 0.3 is 6.18 Å². The number of benzene rings is 1. The third-order valence-corrected chi connectivity index (χ3v) is 3.79. The molecule has 1 aromatic carbocycles. The van der Waals surface area contributed by atoms with Gasteiger partial charge in [-0.15, -0.1) is 0 Å². The average molecular weight is 369 g/mol. The molecule has 1 aromatic rings. The van der Waals surface area contributed by atoms with Crippen molar-refractivity contribution in [2.45, 2.75) is 18.6 Å². The van der Waals surface area contributed by atoms with Crippen LogP contribution in [0.5, 0.6) is 0 Å². The monoisotopic (exact) mass is 368 g/mol. The lowest BCUT2D eigenvalue weighted by atomic mass is 10.1. The van der Waals surface area contributed by atoms with Crippen molar-refractivity contribution in [2.24, 2.45) is 0 Å². The van der Waals surface area contributed by atoms with Gasteiger partial charge in [-0.1, -0.05) is 23.7 Å². The quantitative estimate of drug-likeness (QED) is 0.778. The van der Waals surface area contributed by atoms with E-state index < -0.39 is 30.6 Å². The summed E-state index contributed by atoms with van der Waals surface area (Å²) in [5.74, 6) is -0.979. The van der Waals surface area contributed by atoms with Crippen LogP contribution in [0.15, 0.2) is 24.3 Å². The number of alkyl halides is 3. The van der Waals surface area contributed by atoms with E-state index in [1.807, 2.05) is 0 Å². The van der Waals surface area contributed by atoms with Crippen molar-refractivity contribution >= 4 is 35.2 Å². The number of rotatable bonds is 7. The van der Waals surface area contributed by atoms with Crippen molar-refractivity contribution in [1.82, 2.24) is 10.6 Å². The molecule has 2 amide bonds. The molecule has 9 heteroatoms. The molecular weight excluding hydrogens is 353 g/mol. The second-order valence-electron chi connectivity index (χ2n) is 4.62. The Morgan fingerprint density at radius 3 is 2.52 bits per heavy atom. The number of amides is 2. The van der Waals surface area contributed by atoms with E-state index >= 15 is 0 Å². The van der Waals surface area contributed by atoms with E-state index in [-0.39, 0.29) is 17.0 Å². The molecule has 0 radical (unpaired) electrons. The van der Waals surface area contributed by atoms with Crippen molar-refractivity contribution in [2.75, 3.05) is 18.6 Å². The van der Waals surface area contributed by atoms with Gasteiger partial charge in [0, 0.05) is 0 Å². The number of thioether (sulfide) groups is 1. The van der Waals surface area contributed by atoms with E-state index in [0.29, 0.717) is 5.75 Å². The van der Waals surface area contributed by atoms with Gasteiger partial charge in [0.15, 0.2) is 0 Å². The van der Waals surface area contributed by atoms with Gasteiger partial charge in [0.1, 0.15) is 12.6 Å². The Balaban J connectivity index is 2.75. The molecule has 4 nitrogen and oxygen atoms in total. The maximum atomic E-state index is 12.2. The SMILES string of the molecule is CSCCC(NC(=O)c1ccccc1Cl)C(=O)NCC(F)(F)F. The smallest absolute Gasteiger partial charge is 0.345 e. The zero-order valence-corrected chi connectivity index (χ0v) is 13.8. The summed E-state index contributed by atoms with van der Waals surface area (Å²) in [4.78, 5) is 24.0. The molecule has 0 saturated carbocycles. The molecule has 23 heavy (non-hydrogen) atoms. The molecular formula is C14H16ClF3N2O2S. The van der Waals surface area contributed by atoms with Gasteiger partial charge in [-0.3, -0.25) is 9.59 Å².